The molecule has 0 radical (unpaired) electrons. The van der Waals surface area contributed by atoms with Crippen molar-refractivity contribution >= 4 is 5.78 Å². The van der Waals surface area contributed by atoms with Crippen LogP contribution in [-0.2, 0) is 0 Å². The summed E-state index contributed by atoms with van der Waals surface area (Å²) in [5.41, 5.74) is -0.738. The lowest BCUT2D eigenvalue weighted by Crippen LogP contribution is -2.07. The fraction of sp³-hybridized carbons (Fsp3) is 0.0714. The third-order valence-electron chi connectivity index (χ3n) is 2.62. The molecule has 0 N–H and O–H groups in total. The predicted molar refractivity (Wildman–Crippen MR) is 62.8 cm³/mol. The molecular formula is C14H7F5O2. The number of carbonyl (C=O) groups is 1. The maximum atomic E-state index is 13.5. The second-order valence-electron chi connectivity index (χ2n) is 3.95. The second kappa shape index (κ2) is 5.90. The number of alkyl halides is 2. The lowest BCUT2D eigenvalue weighted by atomic mass is 10.0. The van der Waals surface area contributed by atoms with Gasteiger partial charge in [0.1, 0.15) is 5.75 Å². The normalized spacial score (nSPS) is 10.8. The Hall–Kier alpha value is -2.44. The molecular weight excluding hydrogens is 295 g/mol. The number of carbonyl (C=O) groups excluding carboxylic acids is 1. The largest absolute Gasteiger partial charge is 0.435 e. The summed E-state index contributed by atoms with van der Waals surface area (Å²) in [6.45, 7) is -3.02. The van der Waals surface area contributed by atoms with Crippen molar-refractivity contribution in [2.24, 2.45) is 0 Å². The molecule has 0 aromatic heterocycles. The van der Waals surface area contributed by atoms with Gasteiger partial charge in [0, 0.05) is 5.56 Å². The molecule has 0 saturated heterocycles. The van der Waals surface area contributed by atoms with Gasteiger partial charge in [0.15, 0.2) is 23.2 Å². The Morgan fingerprint density at radius 3 is 2.10 bits per heavy atom. The Bertz CT molecular complexity index is 668. The highest BCUT2D eigenvalue weighted by atomic mass is 19.3. The van der Waals surface area contributed by atoms with Gasteiger partial charge in [0.25, 0.3) is 0 Å². The number of hydrogen-bond acceptors (Lipinski definition) is 2. The summed E-state index contributed by atoms with van der Waals surface area (Å²) in [5.74, 6) is -5.86. The van der Waals surface area contributed by atoms with Crippen LogP contribution >= 0.6 is 0 Å². The molecule has 2 aromatic carbocycles. The Kier molecular flexibility index (Phi) is 4.21. The fourth-order valence-corrected chi connectivity index (χ4v) is 1.64. The Labute approximate surface area is 115 Å². The molecule has 0 atom stereocenters. The second-order valence-corrected chi connectivity index (χ2v) is 3.95. The molecule has 0 bridgehead atoms. The lowest BCUT2D eigenvalue weighted by molar-refractivity contribution is -0.0498. The van der Waals surface area contributed by atoms with E-state index < -0.39 is 35.4 Å². The van der Waals surface area contributed by atoms with Crippen LogP contribution in [0, 0.1) is 17.5 Å². The van der Waals surface area contributed by atoms with Crippen LogP contribution in [0.1, 0.15) is 15.9 Å². The van der Waals surface area contributed by atoms with Gasteiger partial charge in [-0.1, -0.05) is 0 Å². The van der Waals surface area contributed by atoms with Gasteiger partial charge in [-0.2, -0.15) is 8.78 Å². The monoisotopic (exact) mass is 302 g/mol. The van der Waals surface area contributed by atoms with Crippen molar-refractivity contribution in [2.45, 2.75) is 6.61 Å². The maximum absolute atomic E-state index is 13.5. The third-order valence-corrected chi connectivity index (χ3v) is 2.62. The van der Waals surface area contributed by atoms with Gasteiger partial charge in [-0.25, -0.2) is 13.2 Å². The quantitative estimate of drug-likeness (QED) is 0.486. The highest BCUT2D eigenvalue weighted by Crippen LogP contribution is 2.21. The summed E-state index contributed by atoms with van der Waals surface area (Å²) < 4.78 is 67.4. The zero-order chi connectivity index (χ0) is 15.6. The van der Waals surface area contributed by atoms with Gasteiger partial charge < -0.3 is 4.74 Å². The van der Waals surface area contributed by atoms with Gasteiger partial charge >= 0.3 is 6.61 Å². The van der Waals surface area contributed by atoms with Crippen molar-refractivity contribution in [3.8, 4) is 5.75 Å². The van der Waals surface area contributed by atoms with E-state index >= 15 is 0 Å². The first-order valence-corrected chi connectivity index (χ1v) is 5.63. The van der Waals surface area contributed by atoms with E-state index in [1.807, 2.05) is 0 Å². The van der Waals surface area contributed by atoms with Crippen LogP contribution < -0.4 is 4.74 Å². The SMILES string of the molecule is O=C(c1ccc(OC(F)F)cc1)c1ccc(F)c(F)c1F. The number of halogens is 5. The molecule has 0 unspecified atom stereocenters. The third kappa shape index (κ3) is 3.18. The topological polar surface area (TPSA) is 26.3 Å². The van der Waals surface area contributed by atoms with E-state index in [9.17, 15) is 26.7 Å². The molecule has 0 aliphatic rings. The molecule has 2 nitrogen and oxygen atoms in total. The number of ether oxygens (including phenoxy) is 1. The summed E-state index contributed by atoms with van der Waals surface area (Å²) in [4.78, 5) is 11.9. The van der Waals surface area contributed by atoms with Gasteiger partial charge in [0.05, 0.1) is 5.56 Å². The van der Waals surface area contributed by atoms with Gasteiger partial charge in [-0.05, 0) is 36.4 Å². The van der Waals surface area contributed by atoms with Crippen molar-refractivity contribution in [3.05, 3.63) is 65.0 Å². The smallest absolute Gasteiger partial charge is 0.387 e. The van der Waals surface area contributed by atoms with Crippen LogP contribution in [0.3, 0.4) is 0 Å². The van der Waals surface area contributed by atoms with Crippen molar-refractivity contribution in [1.29, 1.82) is 0 Å². The summed E-state index contributed by atoms with van der Waals surface area (Å²) in [6, 6.07) is 5.81. The van der Waals surface area contributed by atoms with E-state index in [1.165, 1.54) is 0 Å². The van der Waals surface area contributed by atoms with Crippen molar-refractivity contribution in [1.82, 2.24) is 0 Å². The van der Waals surface area contributed by atoms with E-state index in [-0.39, 0.29) is 11.3 Å². The Morgan fingerprint density at radius 1 is 0.905 bits per heavy atom. The summed E-state index contributed by atoms with van der Waals surface area (Å²) >= 11 is 0. The number of hydrogen-bond donors (Lipinski definition) is 0. The van der Waals surface area contributed by atoms with Crippen LogP contribution in [0.4, 0.5) is 22.0 Å². The molecule has 7 heteroatoms. The molecule has 110 valence electrons. The first kappa shape index (κ1) is 15.0. The first-order chi connectivity index (χ1) is 9.90. The molecule has 21 heavy (non-hydrogen) atoms. The minimum absolute atomic E-state index is 0.0819. The molecule has 0 fully saturated rings. The molecule has 2 aromatic rings. The van der Waals surface area contributed by atoms with Crippen LogP contribution in [-0.4, -0.2) is 12.4 Å². The van der Waals surface area contributed by atoms with Gasteiger partial charge in [-0.3, -0.25) is 4.79 Å². The number of rotatable bonds is 4. The summed E-state index contributed by atoms with van der Waals surface area (Å²) in [7, 11) is 0. The predicted octanol–water partition coefficient (Wildman–Crippen LogP) is 3.94. The minimum Gasteiger partial charge on any atom is -0.435 e. The van der Waals surface area contributed by atoms with Gasteiger partial charge in [0.2, 0.25) is 0 Å². The van der Waals surface area contributed by atoms with E-state index in [0.29, 0.717) is 6.07 Å². The van der Waals surface area contributed by atoms with E-state index in [4.69, 9.17) is 0 Å². The molecule has 0 amide bonds. The van der Waals surface area contributed by atoms with Crippen molar-refractivity contribution < 1.29 is 31.5 Å². The standard InChI is InChI=1S/C14H7F5O2/c15-10-6-5-9(11(16)12(10)17)13(20)7-1-3-8(4-2-7)21-14(18)19/h1-6,14H. The highest BCUT2D eigenvalue weighted by molar-refractivity contribution is 6.09. The lowest BCUT2D eigenvalue weighted by Gasteiger charge is -2.06. The zero-order valence-electron chi connectivity index (χ0n) is 10.2. The van der Waals surface area contributed by atoms with Crippen molar-refractivity contribution in [2.75, 3.05) is 0 Å². The molecule has 0 heterocycles. The van der Waals surface area contributed by atoms with Crippen LogP contribution in [0.15, 0.2) is 36.4 Å². The molecule has 0 spiro atoms. The zero-order valence-corrected chi connectivity index (χ0v) is 10.2. The maximum Gasteiger partial charge on any atom is 0.387 e. The Balaban J connectivity index is 2.30. The van der Waals surface area contributed by atoms with Crippen LogP contribution in [0.2, 0.25) is 0 Å². The summed E-state index contributed by atoms with van der Waals surface area (Å²) in [6.07, 6.45) is 0. The van der Waals surface area contributed by atoms with Crippen LogP contribution in [0.25, 0.3) is 0 Å². The average molecular weight is 302 g/mol. The van der Waals surface area contributed by atoms with Crippen LogP contribution in [0.5, 0.6) is 5.75 Å². The van der Waals surface area contributed by atoms with E-state index in [1.54, 1.807) is 0 Å². The summed E-state index contributed by atoms with van der Waals surface area (Å²) in [5, 5.41) is 0. The van der Waals surface area contributed by atoms with Crippen molar-refractivity contribution in [3.63, 3.8) is 0 Å². The van der Waals surface area contributed by atoms with E-state index in [2.05, 4.69) is 4.74 Å². The molecule has 2 rings (SSSR count). The number of ketones is 1. The average Bonchev–Trinajstić information content (AvgIpc) is 2.44. The van der Waals surface area contributed by atoms with E-state index in [0.717, 1.165) is 30.3 Å². The first-order valence-electron chi connectivity index (χ1n) is 5.63. The molecule has 0 aliphatic heterocycles. The minimum atomic E-state index is -3.02. The fourth-order valence-electron chi connectivity index (χ4n) is 1.64. The Morgan fingerprint density at radius 2 is 1.52 bits per heavy atom. The molecule has 0 saturated carbocycles. The molecule has 0 aliphatic carbocycles. The number of benzene rings is 2. The highest BCUT2D eigenvalue weighted by Gasteiger charge is 2.20. The van der Waals surface area contributed by atoms with Gasteiger partial charge in [-0.15, -0.1) is 0 Å².